The van der Waals surface area contributed by atoms with E-state index in [0.29, 0.717) is 0 Å². The van der Waals surface area contributed by atoms with Gasteiger partial charge in [0, 0.05) is 0 Å². The molecule has 0 heterocycles. The average Bonchev–Trinajstić information content (AvgIpc) is 2.14. The maximum atomic E-state index is 11.8. The molecule has 0 aromatic heterocycles. The van der Waals surface area contributed by atoms with E-state index in [1.54, 1.807) is 0 Å². The number of amides is 1. The molecule has 1 amide bonds. The lowest BCUT2D eigenvalue weighted by molar-refractivity contribution is -0.175. The fourth-order valence-electron chi connectivity index (χ4n) is 0.798. The number of esters is 1. The van der Waals surface area contributed by atoms with Gasteiger partial charge in [-0.15, -0.1) is 0 Å². The zero-order chi connectivity index (χ0) is 12.1. The maximum absolute atomic E-state index is 11.8. The molecule has 8 heteroatoms. The van der Waals surface area contributed by atoms with Crippen LogP contribution >= 0.6 is 0 Å². The van der Waals surface area contributed by atoms with Gasteiger partial charge in [-0.3, -0.25) is 4.79 Å². The summed E-state index contributed by atoms with van der Waals surface area (Å²) in [5, 5.41) is 1.49. The number of hydrogen-bond acceptors (Lipinski definition) is 4. The van der Waals surface area contributed by atoms with Crippen molar-refractivity contribution >= 4 is 11.9 Å². The SMILES string of the molecule is COC(=O)[C@@H](CCN)NC(=O)C(F)(F)F. The quantitative estimate of drug-likeness (QED) is 0.639. The summed E-state index contributed by atoms with van der Waals surface area (Å²) in [6.07, 6.45) is -5.14. The number of rotatable bonds is 4. The van der Waals surface area contributed by atoms with Crippen molar-refractivity contribution in [2.75, 3.05) is 13.7 Å². The zero-order valence-corrected chi connectivity index (χ0v) is 7.93. The molecule has 0 aromatic carbocycles. The highest BCUT2D eigenvalue weighted by Crippen LogP contribution is 2.14. The van der Waals surface area contributed by atoms with Crippen LogP contribution < -0.4 is 11.1 Å². The van der Waals surface area contributed by atoms with Gasteiger partial charge in [-0.2, -0.15) is 13.2 Å². The first-order valence-electron chi connectivity index (χ1n) is 3.98. The van der Waals surface area contributed by atoms with Crippen molar-refractivity contribution in [2.24, 2.45) is 5.73 Å². The number of halogens is 3. The van der Waals surface area contributed by atoms with E-state index >= 15 is 0 Å². The molecule has 88 valence electrons. The average molecular weight is 228 g/mol. The van der Waals surface area contributed by atoms with E-state index in [1.807, 2.05) is 0 Å². The first-order chi connectivity index (χ1) is 6.82. The van der Waals surface area contributed by atoms with Gasteiger partial charge in [-0.05, 0) is 13.0 Å². The van der Waals surface area contributed by atoms with Crippen molar-refractivity contribution < 1.29 is 27.5 Å². The molecule has 0 saturated carbocycles. The Morgan fingerprint density at radius 1 is 1.47 bits per heavy atom. The summed E-state index contributed by atoms with van der Waals surface area (Å²) in [5.74, 6) is -3.15. The molecular weight excluding hydrogens is 217 g/mol. The van der Waals surface area contributed by atoms with Crippen molar-refractivity contribution in [1.29, 1.82) is 0 Å². The first-order valence-corrected chi connectivity index (χ1v) is 3.98. The van der Waals surface area contributed by atoms with Crippen molar-refractivity contribution in [1.82, 2.24) is 5.32 Å². The molecule has 5 nitrogen and oxygen atoms in total. The molecule has 0 rings (SSSR count). The number of hydrogen-bond donors (Lipinski definition) is 2. The molecule has 15 heavy (non-hydrogen) atoms. The van der Waals surface area contributed by atoms with Crippen LogP contribution in [0.3, 0.4) is 0 Å². The summed E-state index contributed by atoms with van der Waals surface area (Å²) in [4.78, 5) is 21.4. The third kappa shape index (κ3) is 4.63. The molecule has 0 aliphatic carbocycles. The summed E-state index contributed by atoms with van der Waals surface area (Å²) in [6, 6.07) is -1.37. The standard InChI is InChI=1S/C7H11F3N2O3/c1-15-5(13)4(2-3-11)12-6(14)7(8,9)10/h4H,2-3,11H2,1H3,(H,12,14)/t4-/m1/s1. The number of alkyl halides is 3. The predicted octanol–water partition coefficient (Wildman–Crippen LogP) is -0.445. The number of carbonyl (C=O) groups is 2. The molecule has 0 spiro atoms. The van der Waals surface area contributed by atoms with Crippen LogP contribution in [-0.4, -0.2) is 37.7 Å². The molecule has 0 radical (unpaired) electrons. The minimum Gasteiger partial charge on any atom is -0.467 e. The molecule has 3 N–H and O–H groups in total. The Balaban J connectivity index is 4.42. The molecule has 0 saturated heterocycles. The predicted molar refractivity (Wildman–Crippen MR) is 43.7 cm³/mol. The van der Waals surface area contributed by atoms with E-state index in [0.717, 1.165) is 7.11 Å². The lowest BCUT2D eigenvalue weighted by atomic mass is 10.2. The van der Waals surface area contributed by atoms with E-state index in [4.69, 9.17) is 5.73 Å². The smallest absolute Gasteiger partial charge is 0.467 e. The number of carbonyl (C=O) groups excluding carboxylic acids is 2. The summed E-state index contributed by atoms with van der Waals surface area (Å²) in [7, 11) is 1.01. The second kappa shape index (κ2) is 5.54. The maximum Gasteiger partial charge on any atom is 0.471 e. The van der Waals surface area contributed by atoms with Crippen LogP contribution in [0.15, 0.2) is 0 Å². The zero-order valence-electron chi connectivity index (χ0n) is 7.93. The Morgan fingerprint density at radius 3 is 2.33 bits per heavy atom. The molecule has 0 bridgehead atoms. The van der Waals surface area contributed by atoms with Gasteiger partial charge in [0.05, 0.1) is 7.11 Å². The molecule has 0 aliphatic rings. The fourth-order valence-corrected chi connectivity index (χ4v) is 0.798. The summed E-state index contributed by atoms with van der Waals surface area (Å²) >= 11 is 0. The number of nitrogens with one attached hydrogen (secondary N) is 1. The first kappa shape index (κ1) is 13.7. The van der Waals surface area contributed by atoms with E-state index < -0.39 is 24.1 Å². The second-order valence-corrected chi connectivity index (χ2v) is 2.62. The van der Waals surface area contributed by atoms with Gasteiger partial charge < -0.3 is 15.8 Å². The molecule has 0 unspecified atom stereocenters. The van der Waals surface area contributed by atoms with Gasteiger partial charge in [0.1, 0.15) is 6.04 Å². The molecular formula is C7H11F3N2O3. The van der Waals surface area contributed by atoms with Crippen LogP contribution in [0.5, 0.6) is 0 Å². The van der Waals surface area contributed by atoms with E-state index in [2.05, 4.69) is 4.74 Å². The lowest BCUT2D eigenvalue weighted by Gasteiger charge is -2.16. The monoisotopic (exact) mass is 228 g/mol. The number of nitrogens with two attached hydrogens (primary N) is 1. The minimum absolute atomic E-state index is 0.0437. The highest BCUT2D eigenvalue weighted by atomic mass is 19.4. The Hall–Kier alpha value is -1.31. The summed E-state index contributed by atoms with van der Waals surface area (Å²) < 4.78 is 39.7. The minimum atomic E-state index is -5.03. The van der Waals surface area contributed by atoms with Crippen LogP contribution in [0.4, 0.5) is 13.2 Å². The van der Waals surface area contributed by atoms with Gasteiger partial charge in [-0.25, -0.2) is 4.79 Å². The lowest BCUT2D eigenvalue weighted by Crippen LogP contribution is -2.48. The van der Waals surface area contributed by atoms with E-state index in [-0.39, 0.29) is 13.0 Å². The molecule has 1 atom stereocenters. The Labute approximate surface area is 83.8 Å². The normalized spacial score (nSPS) is 13.1. The summed E-state index contributed by atoms with van der Waals surface area (Å²) in [5.41, 5.74) is 5.07. The fraction of sp³-hybridized carbons (Fsp3) is 0.714. The van der Waals surface area contributed by atoms with Crippen molar-refractivity contribution in [2.45, 2.75) is 18.6 Å². The molecule has 0 fully saturated rings. The van der Waals surface area contributed by atoms with Crippen molar-refractivity contribution in [3.8, 4) is 0 Å². The van der Waals surface area contributed by atoms with Gasteiger partial charge in [0.2, 0.25) is 0 Å². The van der Waals surface area contributed by atoms with Crippen LogP contribution in [0, 0.1) is 0 Å². The molecule has 0 aliphatic heterocycles. The topological polar surface area (TPSA) is 81.4 Å². The van der Waals surface area contributed by atoms with Crippen molar-refractivity contribution in [3.63, 3.8) is 0 Å². The Morgan fingerprint density at radius 2 is 2.00 bits per heavy atom. The van der Waals surface area contributed by atoms with Crippen molar-refractivity contribution in [3.05, 3.63) is 0 Å². The van der Waals surface area contributed by atoms with E-state index in [1.165, 1.54) is 5.32 Å². The van der Waals surface area contributed by atoms with Crippen LogP contribution in [-0.2, 0) is 14.3 Å². The summed E-state index contributed by atoms with van der Waals surface area (Å²) in [6.45, 7) is -0.0437. The Bertz CT molecular complexity index is 242. The van der Waals surface area contributed by atoms with Gasteiger partial charge >= 0.3 is 18.1 Å². The van der Waals surface area contributed by atoms with E-state index in [9.17, 15) is 22.8 Å². The molecule has 0 aromatic rings. The number of methoxy groups -OCH3 is 1. The third-order valence-corrected chi connectivity index (χ3v) is 1.50. The van der Waals surface area contributed by atoms with Gasteiger partial charge in [0.25, 0.3) is 0 Å². The number of ether oxygens (including phenoxy) is 1. The third-order valence-electron chi connectivity index (χ3n) is 1.50. The van der Waals surface area contributed by atoms with Crippen LogP contribution in [0.2, 0.25) is 0 Å². The van der Waals surface area contributed by atoms with Crippen LogP contribution in [0.1, 0.15) is 6.42 Å². The largest absolute Gasteiger partial charge is 0.471 e. The van der Waals surface area contributed by atoms with Gasteiger partial charge in [-0.1, -0.05) is 0 Å². The highest BCUT2D eigenvalue weighted by molar-refractivity contribution is 5.87. The van der Waals surface area contributed by atoms with Gasteiger partial charge in [0.15, 0.2) is 0 Å². The second-order valence-electron chi connectivity index (χ2n) is 2.62. The Kier molecular flexibility index (Phi) is 5.06. The highest BCUT2D eigenvalue weighted by Gasteiger charge is 2.40. The van der Waals surface area contributed by atoms with Crippen LogP contribution in [0.25, 0.3) is 0 Å².